The smallest absolute Gasteiger partial charge is 0.165 e. The summed E-state index contributed by atoms with van der Waals surface area (Å²) in [6, 6.07) is 11.8. The lowest BCUT2D eigenvalue weighted by Gasteiger charge is -2.08. The first-order valence-electron chi connectivity index (χ1n) is 6.40. The first kappa shape index (κ1) is 15.7. The van der Waals surface area contributed by atoms with Gasteiger partial charge in [0.1, 0.15) is 6.61 Å². The molecule has 21 heavy (non-hydrogen) atoms. The normalized spacial score (nSPS) is 9.86. The Hall–Kier alpha value is -1.69. The summed E-state index contributed by atoms with van der Waals surface area (Å²) in [5, 5.41) is 0.622. The molecule has 108 valence electrons. The maximum Gasteiger partial charge on any atom is 0.165 e. The number of hydrogen-bond donors (Lipinski definition) is 0. The fourth-order valence-corrected chi connectivity index (χ4v) is 2.00. The summed E-state index contributed by atoms with van der Waals surface area (Å²) in [5.74, 6) is 6.06. The second kappa shape index (κ2) is 7.93. The first-order chi connectivity index (χ1) is 10.2. The van der Waals surface area contributed by atoms with E-state index in [0.29, 0.717) is 22.9 Å². The van der Waals surface area contributed by atoms with Gasteiger partial charge in [0.25, 0.3) is 0 Å². The van der Waals surface area contributed by atoms with E-state index in [2.05, 4.69) is 11.8 Å². The van der Waals surface area contributed by atoms with Gasteiger partial charge < -0.3 is 4.74 Å². The van der Waals surface area contributed by atoms with E-state index in [-0.39, 0.29) is 12.4 Å². The molecular formula is C17H13Cl2FO. The van der Waals surface area contributed by atoms with Crippen LogP contribution in [-0.2, 0) is 6.61 Å². The molecule has 0 fully saturated rings. The van der Waals surface area contributed by atoms with Gasteiger partial charge in [0.15, 0.2) is 11.6 Å². The van der Waals surface area contributed by atoms with Crippen LogP contribution in [-0.4, -0.2) is 5.88 Å². The van der Waals surface area contributed by atoms with Crippen LogP contribution in [0.25, 0.3) is 0 Å². The Kier molecular flexibility index (Phi) is 5.92. The number of ether oxygens (including phenoxy) is 1. The van der Waals surface area contributed by atoms with Crippen molar-refractivity contribution < 1.29 is 9.13 Å². The van der Waals surface area contributed by atoms with Crippen molar-refractivity contribution >= 4 is 23.2 Å². The molecule has 0 radical (unpaired) electrons. The van der Waals surface area contributed by atoms with Crippen molar-refractivity contribution in [3.63, 3.8) is 0 Å². The largest absolute Gasteiger partial charge is 0.486 e. The van der Waals surface area contributed by atoms with Crippen molar-refractivity contribution in [2.75, 3.05) is 5.88 Å². The lowest BCUT2D eigenvalue weighted by atomic mass is 10.2. The minimum atomic E-state index is -0.417. The molecule has 0 heterocycles. The van der Waals surface area contributed by atoms with Crippen molar-refractivity contribution in [3.8, 4) is 17.6 Å². The van der Waals surface area contributed by atoms with Crippen molar-refractivity contribution in [2.24, 2.45) is 0 Å². The lowest BCUT2D eigenvalue weighted by molar-refractivity contribution is 0.290. The Labute approximate surface area is 133 Å². The van der Waals surface area contributed by atoms with E-state index in [1.165, 1.54) is 6.07 Å². The van der Waals surface area contributed by atoms with Crippen LogP contribution in [0.3, 0.4) is 0 Å². The molecule has 0 atom stereocenters. The van der Waals surface area contributed by atoms with Gasteiger partial charge in [-0.25, -0.2) is 4.39 Å². The van der Waals surface area contributed by atoms with Crippen LogP contribution in [0.4, 0.5) is 4.39 Å². The summed E-state index contributed by atoms with van der Waals surface area (Å²) in [6.45, 7) is 0.246. The van der Waals surface area contributed by atoms with Crippen LogP contribution in [0.15, 0.2) is 42.5 Å². The highest BCUT2D eigenvalue weighted by Crippen LogP contribution is 2.20. The maximum atomic E-state index is 13.7. The van der Waals surface area contributed by atoms with Crippen LogP contribution in [0.5, 0.6) is 5.75 Å². The molecule has 0 unspecified atom stereocenters. The molecule has 4 heteroatoms. The van der Waals surface area contributed by atoms with Crippen molar-refractivity contribution in [1.82, 2.24) is 0 Å². The average Bonchev–Trinajstić information content (AvgIpc) is 2.48. The van der Waals surface area contributed by atoms with Gasteiger partial charge in [0.2, 0.25) is 0 Å². The number of benzene rings is 2. The molecule has 0 aromatic heterocycles. The number of halogens is 3. The predicted molar refractivity (Wildman–Crippen MR) is 84.4 cm³/mol. The van der Waals surface area contributed by atoms with Crippen LogP contribution < -0.4 is 4.74 Å². The third-order valence-electron chi connectivity index (χ3n) is 2.67. The summed E-state index contributed by atoms with van der Waals surface area (Å²) in [7, 11) is 0. The van der Waals surface area contributed by atoms with E-state index in [1.54, 1.807) is 24.3 Å². The third kappa shape index (κ3) is 4.97. The molecule has 0 saturated carbocycles. The Bertz CT molecular complexity index is 674. The second-order valence-electron chi connectivity index (χ2n) is 4.30. The van der Waals surface area contributed by atoms with Gasteiger partial charge in [-0.05, 0) is 35.9 Å². The Morgan fingerprint density at radius 1 is 1.14 bits per heavy atom. The summed E-state index contributed by atoms with van der Waals surface area (Å²) < 4.78 is 19.2. The molecule has 0 bridgehead atoms. The molecule has 2 aromatic carbocycles. The molecule has 1 nitrogen and oxygen atoms in total. The SMILES string of the molecule is Fc1ccc(C#CCCCl)cc1OCc1cccc(Cl)c1. The zero-order chi connectivity index (χ0) is 15.1. The van der Waals surface area contributed by atoms with Crippen LogP contribution in [0.1, 0.15) is 17.5 Å². The highest BCUT2D eigenvalue weighted by atomic mass is 35.5. The highest BCUT2D eigenvalue weighted by Gasteiger charge is 2.05. The van der Waals surface area contributed by atoms with Gasteiger partial charge in [-0.15, -0.1) is 11.6 Å². The molecular weight excluding hydrogens is 310 g/mol. The summed E-state index contributed by atoms with van der Waals surface area (Å²) >= 11 is 11.5. The molecule has 2 rings (SSSR count). The van der Waals surface area contributed by atoms with Crippen LogP contribution in [0, 0.1) is 17.7 Å². The van der Waals surface area contributed by atoms with Gasteiger partial charge in [0.05, 0.1) is 0 Å². The fourth-order valence-electron chi connectivity index (χ4n) is 1.69. The molecule has 0 aliphatic carbocycles. The molecule has 0 aliphatic heterocycles. The monoisotopic (exact) mass is 322 g/mol. The molecule has 2 aromatic rings. The quantitative estimate of drug-likeness (QED) is 0.566. The maximum absolute atomic E-state index is 13.7. The van der Waals surface area contributed by atoms with Crippen molar-refractivity contribution in [3.05, 3.63) is 64.4 Å². The van der Waals surface area contributed by atoms with Crippen LogP contribution >= 0.6 is 23.2 Å². The Balaban J connectivity index is 2.09. The Morgan fingerprint density at radius 2 is 2.00 bits per heavy atom. The van der Waals surface area contributed by atoms with E-state index in [4.69, 9.17) is 27.9 Å². The summed E-state index contributed by atoms with van der Waals surface area (Å²) in [4.78, 5) is 0. The molecule has 0 aliphatic rings. The number of hydrogen-bond acceptors (Lipinski definition) is 1. The molecule has 0 saturated heterocycles. The third-order valence-corrected chi connectivity index (χ3v) is 3.09. The zero-order valence-corrected chi connectivity index (χ0v) is 12.7. The topological polar surface area (TPSA) is 9.23 Å². The average molecular weight is 323 g/mol. The highest BCUT2D eigenvalue weighted by molar-refractivity contribution is 6.30. The minimum Gasteiger partial charge on any atom is -0.486 e. The molecule has 0 N–H and O–H groups in total. The number of rotatable bonds is 4. The first-order valence-corrected chi connectivity index (χ1v) is 7.32. The number of alkyl halides is 1. The molecule has 0 amide bonds. The molecule has 0 spiro atoms. The van der Waals surface area contributed by atoms with Gasteiger partial charge in [0, 0.05) is 22.9 Å². The van der Waals surface area contributed by atoms with E-state index in [9.17, 15) is 4.39 Å². The van der Waals surface area contributed by atoms with E-state index >= 15 is 0 Å². The zero-order valence-electron chi connectivity index (χ0n) is 11.2. The lowest BCUT2D eigenvalue weighted by Crippen LogP contribution is -1.97. The van der Waals surface area contributed by atoms with E-state index < -0.39 is 5.82 Å². The van der Waals surface area contributed by atoms with Crippen molar-refractivity contribution in [1.29, 1.82) is 0 Å². The van der Waals surface area contributed by atoms with Gasteiger partial charge in [-0.2, -0.15) is 0 Å². The van der Waals surface area contributed by atoms with E-state index in [0.717, 1.165) is 5.56 Å². The van der Waals surface area contributed by atoms with Gasteiger partial charge >= 0.3 is 0 Å². The van der Waals surface area contributed by atoms with E-state index in [1.807, 2.05) is 12.1 Å². The summed E-state index contributed by atoms with van der Waals surface area (Å²) in [6.07, 6.45) is 0.595. The predicted octanol–water partition coefficient (Wildman–Crippen LogP) is 5.04. The fraction of sp³-hybridized carbons (Fsp3) is 0.176. The van der Waals surface area contributed by atoms with Crippen molar-refractivity contribution in [2.45, 2.75) is 13.0 Å². The van der Waals surface area contributed by atoms with Gasteiger partial charge in [-0.1, -0.05) is 35.6 Å². The summed E-state index contributed by atoms with van der Waals surface area (Å²) in [5.41, 5.74) is 1.57. The van der Waals surface area contributed by atoms with Crippen LogP contribution in [0.2, 0.25) is 5.02 Å². The second-order valence-corrected chi connectivity index (χ2v) is 5.12. The standard InChI is InChI=1S/C17H13Cl2FO/c18-9-2-1-4-13-7-8-16(20)17(11-13)21-12-14-5-3-6-15(19)10-14/h3,5-8,10-11H,2,9,12H2. The van der Waals surface area contributed by atoms with Gasteiger partial charge in [-0.3, -0.25) is 0 Å². The minimum absolute atomic E-state index is 0.174. The Morgan fingerprint density at radius 3 is 2.76 bits per heavy atom.